The minimum Gasteiger partial charge on any atom is -0.478 e. The number of hydrogen-bond donors (Lipinski definition) is 3. The molecule has 9 heteroatoms. The molecule has 1 heterocycles. The van der Waals surface area contributed by atoms with Gasteiger partial charge in [-0.3, -0.25) is 4.68 Å². The first-order valence-corrected chi connectivity index (χ1v) is 6.25. The van der Waals surface area contributed by atoms with Gasteiger partial charge in [0.2, 0.25) is 0 Å². The van der Waals surface area contributed by atoms with Crippen LogP contribution in [0.15, 0.2) is 24.5 Å². The SMILES string of the molecule is Cn1cnc(CNC(=O)Nc2ccc(C(=O)O)cc2Cl)n1. The number of rotatable bonds is 4. The Bertz CT molecular complexity index is 685. The number of amides is 2. The second-order valence-electron chi connectivity index (χ2n) is 4.14. The number of aryl methyl sites for hydroxylation is 1. The van der Waals surface area contributed by atoms with E-state index in [0.717, 1.165) is 0 Å². The smallest absolute Gasteiger partial charge is 0.335 e. The van der Waals surface area contributed by atoms with Crippen LogP contribution in [-0.2, 0) is 13.6 Å². The summed E-state index contributed by atoms with van der Waals surface area (Å²) in [6.45, 7) is 0.164. The number of carbonyl (C=O) groups is 2. The summed E-state index contributed by atoms with van der Waals surface area (Å²) in [5, 5.41) is 18.0. The van der Waals surface area contributed by atoms with Crippen LogP contribution in [-0.4, -0.2) is 31.9 Å². The molecule has 110 valence electrons. The van der Waals surface area contributed by atoms with Gasteiger partial charge in [0.15, 0.2) is 5.82 Å². The maximum Gasteiger partial charge on any atom is 0.335 e. The van der Waals surface area contributed by atoms with Gasteiger partial charge in [0.05, 0.1) is 22.8 Å². The summed E-state index contributed by atoms with van der Waals surface area (Å²) < 4.78 is 1.52. The standard InChI is InChI=1S/C12H12ClN5O3/c1-18-6-15-10(17-18)5-14-12(21)16-9-3-2-7(11(19)20)4-8(9)13/h2-4,6H,5H2,1H3,(H,19,20)(H2,14,16,21). The predicted molar refractivity (Wildman–Crippen MR) is 75.3 cm³/mol. The van der Waals surface area contributed by atoms with Crippen LogP contribution < -0.4 is 10.6 Å². The molecule has 0 atom stereocenters. The summed E-state index contributed by atoms with van der Waals surface area (Å²) in [7, 11) is 1.72. The molecule has 2 rings (SSSR count). The highest BCUT2D eigenvalue weighted by Crippen LogP contribution is 2.22. The van der Waals surface area contributed by atoms with E-state index >= 15 is 0 Å². The van der Waals surface area contributed by atoms with Crippen LogP contribution in [0.25, 0.3) is 0 Å². The van der Waals surface area contributed by atoms with Gasteiger partial charge in [0.25, 0.3) is 0 Å². The van der Waals surface area contributed by atoms with Crippen LogP contribution in [0.5, 0.6) is 0 Å². The van der Waals surface area contributed by atoms with Crippen molar-refractivity contribution < 1.29 is 14.7 Å². The molecule has 2 amide bonds. The number of nitrogens with zero attached hydrogens (tertiary/aromatic N) is 3. The van der Waals surface area contributed by atoms with Gasteiger partial charge in [0.1, 0.15) is 6.33 Å². The van der Waals surface area contributed by atoms with E-state index < -0.39 is 12.0 Å². The number of anilines is 1. The third-order valence-corrected chi connectivity index (χ3v) is 2.83. The van der Waals surface area contributed by atoms with Crippen LogP contribution in [0.2, 0.25) is 5.02 Å². The third kappa shape index (κ3) is 3.93. The van der Waals surface area contributed by atoms with Crippen molar-refractivity contribution in [1.82, 2.24) is 20.1 Å². The van der Waals surface area contributed by atoms with Crippen molar-refractivity contribution in [1.29, 1.82) is 0 Å². The van der Waals surface area contributed by atoms with E-state index in [-0.39, 0.29) is 17.1 Å². The normalized spacial score (nSPS) is 10.2. The fourth-order valence-electron chi connectivity index (χ4n) is 1.54. The van der Waals surface area contributed by atoms with Gasteiger partial charge in [0, 0.05) is 7.05 Å². The van der Waals surface area contributed by atoms with Crippen molar-refractivity contribution >= 4 is 29.3 Å². The van der Waals surface area contributed by atoms with Crippen molar-refractivity contribution in [3.8, 4) is 0 Å². The monoisotopic (exact) mass is 309 g/mol. The number of benzene rings is 1. The Labute approximate surface area is 124 Å². The fraction of sp³-hybridized carbons (Fsp3) is 0.167. The molecule has 0 spiro atoms. The van der Waals surface area contributed by atoms with E-state index in [0.29, 0.717) is 11.5 Å². The average molecular weight is 310 g/mol. The Morgan fingerprint density at radius 1 is 1.43 bits per heavy atom. The minimum absolute atomic E-state index is 0.0450. The van der Waals surface area contributed by atoms with Crippen LogP contribution in [0, 0.1) is 0 Å². The van der Waals surface area contributed by atoms with Crippen LogP contribution in [0.4, 0.5) is 10.5 Å². The Balaban J connectivity index is 1.94. The lowest BCUT2D eigenvalue weighted by Gasteiger charge is -2.08. The Morgan fingerprint density at radius 2 is 2.19 bits per heavy atom. The number of carboxylic acids is 1. The van der Waals surface area contributed by atoms with Crippen molar-refractivity contribution in [3.05, 3.63) is 40.9 Å². The molecule has 1 aromatic heterocycles. The zero-order valence-electron chi connectivity index (χ0n) is 11.0. The van der Waals surface area contributed by atoms with Gasteiger partial charge in [-0.05, 0) is 18.2 Å². The first-order chi connectivity index (χ1) is 9.95. The van der Waals surface area contributed by atoms with Crippen molar-refractivity contribution in [3.63, 3.8) is 0 Å². The molecular weight excluding hydrogens is 298 g/mol. The van der Waals surface area contributed by atoms with E-state index in [4.69, 9.17) is 16.7 Å². The maximum absolute atomic E-state index is 11.7. The fourth-order valence-corrected chi connectivity index (χ4v) is 1.77. The summed E-state index contributed by atoms with van der Waals surface area (Å²) in [6, 6.07) is 3.54. The number of hydrogen-bond acceptors (Lipinski definition) is 4. The van der Waals surface area contributed by atoms with E-state index in [1.165, 1.54) is 29.2 Å². The number of urea groups is 1. The number of aromatic carboxylic acids is 1. The summed E-state index contributed by atoms with van der Waals surface area (Å²) in [5.41, 5.74) is 0.358. The molecule has 0 unspecified atom stereocenters. The molecule has 21 heavy (non-hydrogen) atoms. The zero-order valence-corrected chi connectivity index (χ0v) is 11.8. The van der Waals surface area contributed by atoms with Gasteiger partial charge < -0.3 is 15.7 Å². The minimum atomic E-state index is -1.09. The van der Waals surface area contributed by atoms with Gasteiger partial charge in [-0.1, -0.05) is 11.6 Å². The van der Waals surface area contributed by atoms with Crippen molar-refractivity contribution in [2.24, 2.45) is 7.05 Å². The second-order valence-corrected chi connectivity index (χ2v) is 4.55. The first-order valence-electron chi connectivity index (χ1n) is 5.88. The zero-order chi connectivity index (χ0) is 15.4. The number of carbonyl (C=O) groups excluding carboxylic acids is 1. The molecule has 0 radical (unpaired) electrons. The highest BCUT2D eigenvalue weighted by atomic mass is 35.5. The van der Waals surface area contributed by atoms with Gasteiger partial charge >= 0.3 is 12.0 Å². The topological polar surface area (TPSA) is 109 Å². The molecule has 2 aromatic rings. The van der Waals surface area contributed by atoms with Crippen LogP contribution in [0.3, 0.4) is 0 Å². The summed E-state index contributed by atoms with van der Waals surface area (Å²) in [5.74, 6) is -0.617. The predicted octanol–water partition coefficient (Wildman–Crippen LogP) is 1.49. The molecule has 0 aliphatic rings. The lowest BCUT2D eigenvalue weighted by atomic mass is 10.2. The molecule has 0 fully saturated rings. The van der Waals surface area contributed by atoms with Crippen LogP contribution in [0.1, 0.15) is 16.2 Å². The van der Waals surface area contributed by atoms with Crippen LogP contribution >= 0.6 is 11.6 Å². The molecule has 1 aromatic carbocycles. The van der Waals surface area contributed by atoms with E-state index in [2.05, 4.69) is 20.7 Å². The van der Waals surface area contributed by atoms with Crippen molar-refractivity contribution in [2.45, 2.75) is 6.54 Å². The van der Waals surface area contributed by atoms with E-state index in [1.807, 2.05) is 0 Å². The van der Waals surface area contributed by atoms with Gasteiger partial charge in [-0.15, -0.1) is 0 Å². The Hall–Kier alpha value is -2.61. The molecule has 0 bridgehead atoms. The van der Waals surface area contributed by atoms with E-state index in [1.54, 1.807) is 7.05 Å². The summed E-state index contributed by atoms with van der Waals surface area (Å²) in [4.78, 5) is 26.4. The number of halogens is 1. The van der Waals surface area contributed by atoms with Gasteiger partial charge in [-0.2, -0.15) is 5.10 Å². The highest BCUT2D eigenvalue weighted by Gasteiger charge is 2.10. The quantitative estimate of drug-likeness (QED) is 0.792. The van der Waals surface area contributed by atoms with Crippen molar-refractivity contribution in [2.75, 3.05) is 5.32 Å². The molecule has 0 saturated heterocycles. The van der Waals surface area contributed by atoms with E-state index in [9.17, 15) is 9.59 Å². The second kappa shape index (κ2) is 6.23. The molecule has 8 nitrogen and oxygen atoms in total. The molecule has 0 aliphatic carbocycles. The van der Waals surface area contributed by atoms with Gasteiger partial charge in [-0.25, -0.2) is 14.6 Å². The summed E-state index contributed by atoms with van der Waals surface area (Å²) in [6.07, 6.45) is 1.52. The average Bonchev–Trinajstić information content (AvgIpc) is 2.84. The number of carboxylic acid groups (broad SMARTS) is 1. The number of nitrogens with one attached hydrogen (secondary N) is 2. The number of aromatic nitrogens is 3. The summed E-state index contributed by atoms with van der Waals surface area (Å²) >= 11 is 5.90. The Kier molecular flexibility index (Phi) is 4.39. The third-order valence-electron chi connectivity index (χ3n) is 2.52. The molecular formula is C12H12ClN5O3. The lowest BCUT2D eigenvalue weighted by Crippen LogP contribution is -2.28. The first kappa shape index (κ1) is 14.8. The maximum atomic E-state index is 11.7. The molecule has 0 saturated carbocycles. The molecule has 3 N–H and O–H groups in total. The Morgan fingerprint density at radius 3 is 2.76 bits per heavy atom. The largest absolute Gasteiger partial charge is 0.478 e. The molecule has 0 aliphatic heterocycles. The highest BCUT2D eigenvalue weighted by molar-refractivity contribution is 6.34. The lowest BCUT2D eigenvalue weighted by molar-refractivity contribution is 0.0697.